The summed E-state index contributed by atoms with van der Waals surface area (Å²) in [7, 11) is 0. The van der Waals surface area contributed by atoms with Crippen molar-refractivity contribution < 1.29 is 32.7 Å². The fourth-order valence-electron chi connectivity index (χ4n) is 4.21. The monoisotopic (exact) mass is 642 g/mol. The molecule has 9 N–H and O–H groups in total. The summed E-state index contributed by atoms with van der Waals surface area (Å²) >= 11 is 6.57. The van der Waals surface area contributed by atoms with E-state index in [0.29, 0.717) is 34.5 Å². The molecule has 5 rings (SSSR count). The zero-order valence-electron chi connectivity index (χ0n) is 23.2. The molecule has 0 spiro atoms. The SMILES string of the molecule is NC(=O)c1cccc(CNC(=O)N[C@@H](Cc2ccccc2)c2nc(-c3ccc4c(N)n[nH]c4c3)c(Cl)[nH]2)c1.O=C(O)C(F)(F)F. The van der Waals surface area contributed by atoms with Crippen molar-refractivity contribution in [3.63, 3.8) is 0 Å². The third-order valence-electron chi connectivity index (χ3n) is 6.37. The number of urea groups is 1. The van der Waals surface area contributed by atoms with Gasteiger partial charge in [0.25, 0.3) is 0 Å². The Kier molecular flexibility index (Phi) is 9.93. The summed E-state index contributed by atoms with van der Waals surface area (Å²) in [5.41, 5.74) is 15.4. The fourth-order valence-corrected chi connectivity index (χ4v) is 4.45. The number of nitrogen functional groups attached to an aromatic ring is 1. The lowest BCUT2D eigenvalue weighted by atomic mass is 10.1. The van der Waals surface area contributed by atoms with E-state index in [1.807, 2.05) is 48.5 Å². The van der Waals surface area contributed by atoms with Gasteiger partial charge in [0.15, 0.2) is 5.82 Å². The number of benzene rings is 3. The molecule has 0 aliphatic heterocycles. The number of carboxylic acids is 1. The molecule has 0 fully saturated rings. The van der Waals surface area contributed by atoms with Gasteiger partial charge in [-0.2, -0.15) is 18.3 Å². The molecule has 1 atom stereocenters. The second kappa shape index (κ2) is 13.8. The van der Waals surface area contributed by atoms with Crippen LogP contribution in [-0.4, -0.2) is 49.4 Å². The minimum absolute atomic E-state index is 0.211. The van der Waals surface area contributed by atoms with Crippen LogP contribution in [0.3, 0.4) is 0 Å². The van der Waals surface area contributed by atoms with Crippen molar-refractivity contribution in [3.8, 4) is 11.3 Å². The van der Waals surface area contributed by atoms with E-state index >= 15 is 0 Å². The predicted octanol–water partition coefficient (Wildman–Crippen LogP) is 4.70. The Bertz CT molecular complexity index is 1830. The molecule has 0 unspecified atom stereocenters. The van der Waals surface area contributed by atoms with Crippen molar-refractivity contribution in [3.05, 3.63) is 100 Å². The van der Waals surface area contributed by atoms with Gasteiger partial charge in [-0.15, -0.1) is 0 Å². The van der Waals surface area contributed by atoms with Crippen molar-refractivity contribution in [1.29, 1.82) is 0 Å². The minimum Gasteiger partial charge on any atom is -0.475 e. The number of hydrogen-bond donors (Lipinski definition) is 7. The number of nitrogens with one attached hydrogen (secondary N) is 4. The third-order valence-corrected chi connectivity index (χ3v) is 6.64. The molecule has 0 bridgehead atoms. The number of fused-ring (bicyclic) bond motifs is 1. The summed E-state index contributed by atoms with van der Waals surface area (Å²) in [5, 5.41) is 21.0. The molecule has 0 aliphatic rings. The number of rotatable bonds is 8. The van der Waals surface area contributed by atoms with E-state index in [0.717, 1.165) is 27.6 Å². The number of imidazole rings is 1. The maximum atomic E-state index is 12.9. The van der Waals surface area contributed by atoms with E-state index in [9.17, 15) is 22.8 Å². The molecule has 5 aromatic rings. The molecule has 2 aromatic heterocycles. The van der Waals surface area contributed by atoms with Crippen molar-refractivity contribution >= 4 is 46.2 Å². The van der Waals surface area contributed by atoms with Gasteiger partial charge in [0.2, 0.25) is 5.91 Å². The zero-order chi connectivity index (χ0) is 32.7. The van der Waals surface area contributed by atoms with Crippen LogP contribution in [0.2, 0.25) is 5.15 Å². The third kappa shape index (κ3) is 8.51. The van der Waals surface area contributed by atoms with Crippen LogP contribution in [0.25, 0.3) is 22.2 Å². The number of nitrogens with two attached hydrogens (primary N) is 2. The second-order valence-corrected chi connectivity index (χ2v) is 9.97. The Morgan fingerprint density at radius 1 is 1.00 bits per heavy atom. The zero-order valence-corrected chi connectivity index (χ0v) is 23.9. The molecule has 45 heavy (non-hydrogen) atoms. The largest absolute Gasteiger partial charge is 0.490 e. The summed E-state index contributed by atoms with van der Waals surface area (Å²) < 4.78 is 31.7. The number of aromatic nitrogens is 4. The number of halogens is 4. The highest BCUT2D eigenvalue weighted by molar-refractivity contribution is 6.32. The Labute approximate surface area is 258 Å². The first-order valence-corrected chi connectivity index (χ1v) is 13.5. The molecule has 3 aromatic carbocycles. The number of anilines is 1. The first-order chi connectivity index (χ1) is 21.3. The van der Waals surface area contributed by atoms with Gasteiger partial charge < -0.3 is 32.2 Å². The van der Waals surface area contributed by atoms with Crippen molar-refractivity contribution in [2.24, 2.45) is 5.73 Å². The van der Waals surface area contributed by atoms with Gasteiger partial charge in [0.05, 0.1) is 11.6 Å². The Hall–Kier alpha value is -5.57. The summed E-state index contributed by atoms with van der Waals surface area (Å²) in [4.78, 5) is 41.1. The van der Waals surface area contributed by atoms with E-state index < -0.39 is 30.1 Å². The number of primary amides is 1. The average molecular weight is 643 g/mol. The molecule has 0 aliphatic carbocycles. The van der Waals surface area contributed by atoms with E-state index in [-0.39, 0.29) is 6.54 Å². The van der Waals surface area contributed by atoms with Crippen LogP contribution < -0.4 is 22.1 Å². The Morgan fingerprint density at radius 2 is 1.69 bits per heavy atom. The van der Waals surface area contributed by atoms with E-state index in [2.05, 4.69) is 25.8 Å². The van der Waals surface area contributed by atoms with Crippen LogP contribution in [0.4, 0.5) is 23.8 Å². The quantitative estimate of drug-likeness (QED) is 0.127. The first-order valence-electron chi connectivity index (χ1n) is 13.1. The van der Waals surface area contributed by atoms with Crippen LogP contribution in [-0.2, 0) is 17.8 Å². The van der Waals surface area contributed by atoms with Crippen LogP contribution in [0.5, 0.6) is 0 Å². The second-order valence-electron chi connectivity index (χ2n) is 9.59. The molecule has 12 nitrogen and oxygen atoms in total. The lowest BCUT2D eigenvalue weighted by molar-refractivity contribution is -0.192. The normalized spacial score (nSPS) is 11.7. The maximum absolute atomic E-state index is 12.9. The Balaban J connectivity index is 0.000000591. The molecule has 234 valence electrons. The highest BCUT2D eigenvalue weighted by atomic mass is 35.5. The molecular weight excluding hydrogens is 617 g/mol. The highest BCUT2D eigenvalue weighted by Crippen LogP contribution is 2.31. The topological polar surface area (TPSA) is 205 Å². The van der Waals surface area contributed by atoms with Gasteiger partial charge >= 0.3 is 18.2 Å². The molecule has 2 heterocycles. The van der Waals surface area contributed by atoms with Gasteiger partial charge in [-0.3, -0.25) is 9.89 Å². The minimum atomic E-state index is -5.08. The van der Waals surface area contributed by atoms with Gasteiger partial charge in [-0.25, -0.2) is 14.6 Å². The van der Waals surface area contributed by atoms with Crippen LogP contribution >= 0.6 is 11.6 Å². The molecule has 0 radical (unpaired) electrons. The number of carbonyl (C=O) groups is 3. The number of carboxylic acid groups (broad SMARTS) is 1. The maximum Gasteiger partial charge on any atom is 0.490 e. The number of aromatic amines is 2. The summed E-state index contributed by atoms with van der Waals surface area (Å²) in [5.74, 6) is -2.36. The average Bonchev–Trinajstić information content (AvgIpc) is 3.58. The number of amides is 3. The van der Waals surface area contributed by atoms with Crippen molar-refractivity contribution in [2.45, 2.75) is 25.2 Å². The van der Waals surface area contributed by atoms with Crippen molar-refractivity contribution in [2.75, 3.05) is 5.73 Å². The molecule has 0 saturated heterocycles. The van der Waals surface area contributed by atoms with E-state index in [1.165, 1.54) is 0 Å². The summed E-state index contributed by atoms with van der Waals surface area (Å²) in [6.07, 6.45) is -4.61. The molecular formula is C29H26ClF3N8O4. The summed E-state index contributed by atoms with van der Waals surface area (Å²) in [6.45, 7) is 0.211. The molecule has 0 saturated carbocycles. The number of H-pyrrole nitrogens is 2. The summed E-state index contributed by atoms with van der Waals surface area (Å²) in [6, 6.07) is 21.2. The number of alkyl halides is 3. The van der Waals surface area contributed by atoms with Crippen LogP contribution in [0.1, 0.15) is 33.4 Å². The highest BCUT2D eigenvalue weighted by Gasteiger charge is 2.38. The first kappa shape index (κ1) is 32.3. The van der Waals surface area contributed by atoms with Crippen LogP contribution in [0.15, 0.2) is 72.8 Å². The van der Waals surface area contributed by atoms with Gasteiger partial charge in [0.1, 0.15) is 16.7 Å². The number of aliphatic carboxylic acids is 1. The smallest absolute Gasteiger partial charge is 0.475 e. The standard InChI is InChI=1S/C27H25ClN8O2.C2HF3O2/c28-23-22(17-9-10-19-20(13-17)35-36-24(19)29)33-26(34-23)21(12-15-5-2-1-3-6-15)32-27(38)31-14-16-7-4-8-18(11-16)25(30)37;3-2(4,5)1(6)7/h1-11,13,21H,12,14H2,(H2,30,37)(H,33,34)(H3,29,35,36)(H2,31,32,38);(H,6,7)/t21-;/m0./s1. The molecule has 16 heteroatoms. The van der Waals surface area contributed by atoms with Crippen LogP contribution in [0, 0.1) is 0 Å². The number of hydrogen-bond acceptors (Lipinski definition) is 6. The lowest BCUT2D eigenvalue weighted by Crippen LogP contribution is -2.38. The number of carbonyl (C=O) groups excluding carboxylic acids is 2. The van der Waals surface area contributed by atoms with Crippen molar-refractivity contribution in [1.82, 2.24) is 30.8 Å². The van der Waals surface area contributed by atoms with Gasteiger partial charge in [-0.1, -0.05) is 60.1 Å². The fraction of sp³-hybridized carbons (Fsp3) is 0.138. The van der Waals surface area contributed by atoms with E-state index in [4.69, 9.17) is 38.0 Å². The molecule has 3 amide bonds. The number of nitrogens with zero attached hydrogens (tertiary/aromatic N) is 2. The Morgan fingerprint density at radius 3 is 2.36 bits per heavy atom. The van der Waals surface area contributed by atoms with E-state index in [1.54, 1.807) is 24.3 Å². The van der Waals surface area contributed by atoms with Gasteiger partial charge in [-0.05, 0) is 41.8 Å². The van der Waals surface area contributed by atoms with Gasteiger partial charge in [0, 0.05) is 23.1 Å². The lowest BCUT2D eigenvalue weighted by Gasteiger charge is -2.18. The predicted molar refractivity (Wildman–Crippen MR) is 160 cm³/mol.